The summed E-state index contributed by atoms with van der Waals surface area (Å²) >= 11 is 0. The predicted octanol–water partition coefficient (Wildman–Crippen LogP) is 3.31. The normalized spacial score (nSPS) is 16.6. The van der Waals surface area contributed by atoms with Gasteiger partial charge in [-0.15, -0.1) is 0 Å². The van der Waals surface area contributed by atoms with Gasteiger partial charge in [-0.2, -0.15) is 0 Å². The molecule has 1 aromatic heterocycles. The van der Waals surface area contributed by atoms with Crippen molar-refractivity contribution in [2.24, 2.45) is 5.92 Å². The maximum Gasteiger partial charge on any atom is 0.272 e. The van der Waals surface area contributed by atoms with Gasteiger partial charge in [-0.3, -0.25) is 9.78 Å². The largest absolute Gasteiger partial charge is 0.337 e. The lowest BCUT2D eigenvalue weighted by molar-refractivity contribution is 0.0685. The first-order valence-electron chi connectivity index (χ1n) is 7.21. The fourth-order valence-electron chi connectivity index (χ4n) is 2.79. The van der Waals surface area contributed by atoms with Gasteiger partial charge in [-0.25, -0.2) is 0 Å². The maximum atomic E-state index is 12.5. The van der Waals surface area contributed by atoms with Gasteiger partial charge in [-0.05, 0) is 30.2 Å². The number of amides is 1. The Labute approximate surface area is 119 Å². The highest BCUT2D eigenvalue weighted by Gasteiger charge is 2.23. The molecule has 3 heteroatoms. The summed E-state index contributed by atoms with van der Waals surface area (Å²) in [4.78, 5) is 18.7. The molecular weight excluding hydrogens is 248 g/mol. The van der Waals surface area contributed by atoms with Gasteiger partial charge < -0.3 is 4.90 Å². The zero-order valence-electron chi connectivity index (χ0n) is 11.6. The van der Waals surface area contributed by atoms with Crippen LogP contribution in [-0.2, 0) is 0 Å². The lowest BCUT2D eigenvalue weighted by Gasteiger charge is -2.31. The molecule has 0 bridgehead atoms. The van der Waals surface area contributed by atoms with E-state index in [-0.39, 0.29) is 5.91 Å². The Bertz CT molecular complexity index is 615. The Morgan fingerprint density at radius 3 is 2.65 bits per heavy atom. The van der Waals surface area contributed by atoms with Gasteiger partial charge in [0.2, 0.25) is 0 Å². The highest BCUT2D eigenvalue weighted by molar-refractivity contribution is 5.96. The molecule has 0 spiro atoms. The molecule has 1 fully saturated rings. The quantitative estimate of drug-likeness (QED) is 0.836. The highest BCUT2D eigenvalue weighted by atomic mass is 16.2. The Morgan fingerprint density at radius 1 is 1.25 bits per heavy atom. The van der Waals surface area contributed by atoms with Crippen molar-refractivity contribution < 1.29 is 4.79 Å². The van der Waals surface area contributed by atoms with Gasteiger partial charge in [0.15, 0.2) is 0 Å². The van der Waals surface area contributed by atoms with Crippen LogP contribution in [0.5, 0.6) is 0 Å². The third kappa shape index (κ3) is 2.53. The molecule has 2 aromatic rings. The van der Waals surface area contributed by atoms with Crippen molar-refractivity contribution in [1.82, 2.24) is 9.88 Å². The Balaban J connectivity index is 1.79. The van der Waals surface area contributed by atoms with Crippen molar-refractivity contribution in [1.29, 1.82) is 0 Å². The Kier molecular flexibility index (Phi) is 3.68. The summed E-state index contributed by atoms with van der Waals surface area (Å²) in [6.07, 6.45) is 4.87. The minimum atomic E-state index is 0.0539. The molecule has 0 N–H and O–H groups in total. The number of benzene rings is 1. The predicted molar refractivity (Wildman–Crippen MR) is 80.3 cm³/mol. The first kappa shape index (κ1) is 13.1. The lowest BCUT2D eigenvalue weighted by atomic mass is 9.94. The van der Waals surface area contributed by atoms with Crippen molar-refractivity contribution in [3.63, 3.8) is 0 Å². The van der Waals surface area contributed by atoms with E-state index in [9.17, 15) is 4.79 Å². The second-order valence-corrected chi connectivity index (χ2v) is 5.44. The van der Waals surface area contributed by atoms with Crippen LogP contribution in [0.25, 0.3) is 10.8 Å². The third-order valence-corrected chi connectivity index (χ3v) is 4.16. The van der Waals surface area contributed by atoms with Crippen LogP contribution in [0.3, 0.4) is 0 Å². The molecular formula is C17H19N2O. The van der Waals surface area contributed by atoms with E-state index in [1.54, 1.807) is 6.20 Å². The minimum absolute atomic E-state index is 0.0539. The van der Waals surface area contributed by atoms with E-state index < -0.39 is 0 Å². The Hall–Kier alpha value is -1.90. The molecule has 2 heterocycles. The number of hydrogen-bond donors (Lipinski definition) is 0. The summed E-state index contributed by atoms with van der Waals surface area (Å²) in [7, 11) is 0. The first-order valence-corrected chi connectivity index (χ1v) is 7.21. The molecule has 0 saturated carbocycles. The lowest BCUT2D eigenvalue weighted by Crippen LogP contribution is -2.38. The monoisotopic (exact) mass is 267 g/mol. The van der Waals surface area contributed by atoms with Crippen LogP contribution in [0.4, 0.5) is 0 Å². The van der Waals surface area contributed by atoms with Gasteiger partial charge in [-0.1, -0.05) is 37.6 Å². The van der Waals surface area contributed by atoms with Crippen molar-refractivity contribution in [3.05, 3.63) is 49.1 Å². The number of pyridine rings is 1. The number of carbonyl (C=O) groups is 1. The van der Waals surface area contributed by atoms with Crippen LogP contribution in [-0.4, -0.2) is 28.9 Å². The number of aromatic nitrogens is 1. The number of piperidine rings is 1. The van der Waals surface area contributed by atoms with E-state index in [2.05, 4.69) is 11.9 Å². The number of fused-ring (bicyclic) bond motifs is 1. The second-order valence-electron chi connectivity index (χ2n) is 5.44. The van der Waals surface area contributed by atoms with E-state index >= 15 is 0 Å². The average molecular weight is 267 g/mol. The summed E-state index contributed by atoms with van der Waals surface area (Å²) in [5.74, 6) is 0.724. The van der Waals surface area contributed by atoms with Crippen molar-refractivity contribution in [3.8, 4) is 0 Å². The average Bonchev–Trinajstić information content (AvgIpc) is 2.54. The fourth-order valence-corrected chi connectivity index (χ4v) is 2.79. The molecule has 1 aliphatic heterocycles. The van der Waals surface area contributed by atoms with E-state index in [1.165, 1.54) is 0 Å². The van der Waals surface area contributed by atoms with Gasteiger partial charge in [0, 0.05) is 24.7 Å². The molecule has 1 aliphatic rings. The molecule has 1 amide bonds. The van der Waals surface area contributed by atoms with Gasteiger partial charge in [0.1, 0.15) is 5.69 Å². The summed E-state index contributed by atoms with van der Waals surface area (Å²) in [5, 5.41) is 2.14. The SMILES string of the molecule is [CH2]CC1CCN(C(=O)c2cc3ccccc3cn2)CC1. The van der Waals surface area contributed by atoms with E-state index in [0.717, 1.165) is 43.1 Å². The van der Waals surface area contributed by atoms with Crippen molar-refractivity contribution in [2.45, 2.75) is 19.3 Å². The third-order valence-electron chi connectivity index (χ3n) is 4.16. The number of carbonyl (C=O) groups excluding carboxylic acids is 1. The molecule has 0 atom stereocenters. The van der Waals surface area contributed by atoms with E-state index in [1.807, 2.05) is 35.2 Å². The van der Waals surface area contributed by atoms with E-state index in [0.29, 0.717) is 11.6 Å². The topological polar surface area (TPSA) is 33.2 Å². The fraction of sp³-hybridized carbons (Fsp3) is 0.353. The smallest absolute Gasteiger partial charge is 0.272 e. The van der Waals surface area contributed by atoms with Gasteiger partial charge in [0.05, 0.1) is 0 Å². The maximum absolute atomic E-state index is 12.5. The Morgan fingerprint density at radius 2 is 1.95 bits per heavy atom. The van der Waals surface area contributed by atoms with Crippen LogP contribution < -0.4 is 0 Å². The van der Waals surface area contributed by atoms with Crippen LogP contribution in [0.15, 0.2) is 36.5 Å². The van der Waals surface area contributed by atoms with Crippen molar-refractivity contribution >= 4 is 16.7 Å². The standard InChI is InChI=1S/C17H19N2O/c1-2-13-7-9-19(10-8-13)17(20)16-11-14-5-3-4-6-15(14)12-18-16/h3-6,11-13H,1-2,7-10H2. The number of rotatable bonds is 2. The number of nitrogens with zero attached hydrogens (tertiary/aromatic N) is 2. The molecule has 1 saturated heterocycles. The van der Waals surface area contributed by atoms with Crippen molar-refractivity contribution in [2.75, 3.05) is 13.1 Å². The highest BCUT2D eigenvalue weighted by Crippen LogP contribution is 2.21. The van der Waals surface area contributed by atoms with Gasteiger partial charge >= 0.3 is 0 Å². The second kappa shape index (κ2) is 5.61. The zero-order valence-corrected chi connectivity index (χ0v) is 11.6. The molecule has 3 nitrogen and oxygen atoms in total. The number of hydrogen-bond acceptors (Lipinski definition) is 2. The molecule has 20 heavy (non-hydrogen) atoms. The van der Waals surface area contributed by atoms with Crippen LogP contribution in [0.1, 0.15) is 29.8 Å². The zero-order chi connectivity index (χ0) is 13.9. The summed E-state index contributed by atoms with van der Waals surface area (Å²) in [6, 6.07) is 9.88. The molecule has 0 aliphatic carbocycles. The van der Waals surface area contributed by atoms with E-state index in [4.69, 9.17) is 0 Å². The van der Waals surface area contributed by atoms with Gasteiger partial charge in [0.25, 0.3) is 5.91 Å². The minimum Gasteiger partial charge on any atom is -0.337 e. The van der Waals surface area contributed by atoms with Crippen LogP contribution in [0, 0.1) is 12.8 Å². The molecule has 1 aromatic carbocycles. The summed E-state index contributed by atoms with van der Waals surface area (Å²) < 4.78 is 0. The molecule has 103 valence electrons. The first-order chi connectivity index (χ1) is 9.78. The summed E-state index contributed by atoms with van der Waals surface area (Å²) in [6.45, 7) is 5.61. The molecule has 3 rings (SSSR count). The summed E-state index contributed by atoms with van der Waals surface area (Å²) in [5.41, 5.74) is 0.553. The molecule has 1 radical (unpaired) electrons. The van der Waals surface area contributed by atoms with Crippen LogP contribution in [0.2, 0.25) is 0 Å². The number of likely N-dealkylation sites (tertiary alicyclic amines) is 1. The molecule has 0 unspecified atom stereocenters. The van der Waals surface area contributed by atoms with Crippen LogP contribution >= 0.6 is 0 Å².